The van der Waals surface area contributed by atoms with E-state index in [1.54, 1.807) is 6.08 Å². The predicted octanol–water partition coefficient (Wildman–Crippen LogP) is 18.2. The van der Waals surface area contributed by atoms with Gasteiger partial charge in [0.05, 0.1) is 39.9 Å². The number of nitrogens with one attached hydrogen (secondary N) is 1. The van der Waals surface area contributed by atoms with Crippen molar-refractivity contribution in [2.24, 2.45) is 0 Å². The number of likely N-dealkylation sites (N-methyl/N-ethyl adjacent to an activating group) is 1. The number of allylic oxidation sites excluding steroid dienone is 13. The third kappa shape index (κ3) is 57.2. The van der Waals surface area contributed by atoms with E-state index in [0.29, 0.717) is 17.4 Å². The summed E-state index contributed by atoms with van der Waals surface area (Å²) in [6.07, 6.45) is 76.7. The molecular weight excluding hydrogens is 924 g/mol. The molecule has 1 amide bonds. The van der Waals surface area contributed by atoms with Crippen LogP contribution in [0.5, 0.6) is 0 Å². The summed E-state index contributed by atoms with van der Waals surface area (Å²) in [6, 6.07) is -0.917. The summed E-state index contributed by atoms with van der Waals surface area (Å²) in [4.78, 5) is 25.5. The second-order valence-corrected chi connectivity index (χ2v) is 23.1. The highest BCUT2D eigenvalue weighted by atomic mass is 31.2. The first-order valence-corrected chi connectivity index (χ1v) is 31.9. The lowest BCUT2D eigenvalue weighted by Crippen LogP contribution is -2.45. The Morgan fingerprint density at radius 3 is 1.27 bits per heavy atom. The summed E-state index contributed by atoms with van der Waals surface area (Å²) >= 11 is 0. The number of carbonyl (C=O) groups excluding carboxylic acids is 1. The normalized spacial score (nSPS) is 14.5. The van der Waals surface area contributed by atoms with Gasteiger partial charge in [-0.25, -0.2) is 0 Å². The van der Waals surface area contributed by atoms with Gasteiger partial charge in [-0.15, -0.1) is 0 Å². The molecule has 0 spiro atoms. The Morgan fingerprint density at radius 1 is 0.493 bits per heavy atom. The number of amides is 1. The monoisotopic (exact) mass is 1040 g/mol. The van der Waals surface area contributed by atoms with E-state index in [0.717, 1.165) is 70.6 Å². The summed E-state index contributed by atoms with van der Waals surface area (Å²) in [5.41, 5.74) is 0. The highest BCUT2D eigenvalue weighted by molar-refractivity contribution is 7.45. The molecule has 2 N–H and O–H groups in total. The minimum Gasteiger partial charge on any atom is -0.756 e. The zero-order valence-electron chi connectivity index (χ0n) is 48.3. The van der Waals surface area contributed by atoms with E-state index >= 15 is 0 Å². The lowest BCUT2D eigenvalue weighted by molar-refractivity contribution is -0.870. The number of aliphatic hydroxyl groups excluding tert-OH is 1. The molecule has 8 nitrogen and oxygen atoms in total. The minimum atomic E-state index is -4.62. The number of hydrogen-bond donors (Lipinski definition) is 2. The fourth-order valence-corrected chi connectivity index (χ4v) is 9.31. The number of rotatable bonds is 55. The third-order valence-corrected chi connectivity index (χ3v) is 14.3. The van der Waals surface area contributed by atoms with Crippen molar-refractivity contribution in [3.8, 4) is 0 Å². The SMILES string of the molecule is CC/C=C\C/C=C\C/C=C\C/C=C\CCCCCCCCCCCCCCC(=O)NC(COP(=O)([O-])OCC[N+](C)(C)C)C(O)/C=C/CC/C=C/CC/C=C/CCCCCCCCCCCCCCCCCC. The van der Waals surface area contributed by atoms with Crippen LogP contribution in [0, 0.1) is 0 Å². The van der Waals surface area contributed by atoms with Gasteiger partial charge < -0.3 is 28.8 Å². The van der Waals surface area contributed by atoms with Crippen molar-refractivity contribution >= 4 is 13.7 Å². The lowest BCUT2D eigenvalue weighted by Gasteiger charge is -2.29. The van der Waals surface area contributed by atoms with Crippen molar-refractivity contribution in [2.75, 3.05) is 40.9 Å². The van der Waals surface area contributed by atoms with E-state index in [1.807, 2.05) is 27.2 Å². The van der Waals surface area contributed by atoms with E-state index in [9.17, 15) is 19.4 Å². The van der Waals surface area contributed by atoms with Crippen molar-refractivity contribution < 1.29 is 32.9 Å². The fourth-order valence-electron chi connectivity index (χ4n) is 8.59. The van der Waals surface area contributed by atoms with Crippen LogP contribution in [-0.4, -0.2) is 68.5 Å². The van der Waals surface area contributed by atoms with E-state index in [4.69, 9.17) is 9.05 Å². The number of unbranched alkanes of at least 4 members (excludes halogenated alkanes) is 30. The predicted molar refractivity (Wildman–Crippen MR) is 316 cm³/mol. The van der Waals surface area contributed by atoms with Gasteiger partial charge in [0.1, 0.15) is 13.2 Å². The van der Waals surface area contributed by atoms with Gasteiger partial charge in [-0.1, -0.05) is 259 Å². The van der Waals surface area contributed by atoms with Crippen LogP contribution in [-0.2, 0) is 18.4 Å². The van der Waals surface area contributed by atoms with E-state index in [2.05, 4.69) is 92.1 Å². The molecule has 0 radical (unpaired) electrons. The second kappa shape index (κ2) is 54.5. The number of aliphatic hydroxyl groups is 1. The molecule has 0 aromatic heterocycles. The molecule has 0 aliphatic carbocycles. The van der Waals surface area contributed by atoms with Crippen LogP contribution in [0.2, 0.25) is 0 Å². The fraction of sp³-hybridized carbons (Fsp3) is 0.766. The van der Waals surface area contributed by atoms with Crippen LogP contribution in [0.15, 0.2) is 85.1 Å². The van der Waals surface area contributed by atoms with Crippen LogP contribution in [0.1, 0.15) is 264 Å². The standard InChI is InChI=1S/C64H117N2O6P/c1-6-8-10-12-14-16-18-20-22-24-26-28-30-32-34-35-37-39-41-43-45-47-49-51-53-55-57-63(67)62(61-72-73(69,70)71-60-59-66(3,4)5)65-64(68)58-56-54-52-50-48-46-44-42-40-38-36-33-31-29-27-25-23-21-19-17-15-13-11-9-7-2/h9,11,15,17,21,23,27,29,39,41,47,49,55,57,62-63,67H,6-8,10,12-14,16,18-20,22,24-26,28,30-38,40,42-46,48,50-54,56,58-61H2,1-5H3,(H-,65,68,69,70)/b11-9-,17-15-,23-21-,29-27-,41-39+,49-47+,57-55+. The molecule has 0 bridgehead atoms. The Kier molecular flexibility index (Phi) is 52.7. The Morgan fingerprint density at radius 2 is 0.849 bits per heavy atom. The molecule has 73 heavy (non-hydrogen) atoms. The van der Waals surface area contributed by atoms with Crippen LogP contribution < -0.4 is 10.2 Å². The van der Waals surface area contributed by atoms with Gasteiger partial charge in [0.2, 0.25) is 5.91 Å². The topological polar surface area (TPSA) is 108 Å². The molecule has 0 aromatic rings. The molecule has 0 rings (SSSR count). The van der Waals surface area contributed by atoms with Crippen molar-refractivity contribution in [3.05, 3.63) is 85.1 Å². The van der Waals surface area contributed by atoms with Crippen LogP contribution in [0.4, 0.5) is 0 Å². The quantitative estimate of drug-likeness (QED) is 0.0272. The Hall–Kier alpha value is -2.32. The highest BCUT2D eigenvalue weighted by Gasteiger charge is 2.23. The average molecular weight is 1040 g/mol. The smallest absolute Gasteiger partial charge is 0.268 e. The average Bonchev–Trinajstić information content (AvgIpc) is 3.35. The Labute approximate surface area is 452 Å². The maximum Gasteiger partial charge on any atom is 0.268 e. The molecule has 3 atom stereocenters. The summed E-state index contributed by atoms with van der Waals surface area (Å²) < 4.78 is 23.4. The molecule has 9 heteroatoms. The van der Waals surface area contributed by atoms with Gasteiger partial charge in [-0.3, -0.25) is 9.36 Å². The molecule has 424 valence electrons. The molecule has 0 heterocycles. The molecule has 0 aliphatic rings. The molecule has 3 unspecified atom stereocenters. The third-order valence-electron chi connectivity index (χ3n) is 13.3. The lowest BCUT2D eigenvalue weighted by atomic mass is 10.0. The van der Waals surface area contributed by atoms with Gasteiger partial charge in [0.15, 0.2) is 0 Å². The summed E-state index contributed by atoms with van der Waals surface area (Å²) in [5, 5.41) is 13.9. The van der Waals surface area contributed by atoms with Crippen LogP contribution in [0.3, 0.4) is 0 Å². The zero-order chi connectivity index (χ0) is 53.5. The number of carbonyl (C=O) groups is 1. The van der Waals surface area contributed by atoms with E-state index in [-0.39, 0.29) is 12.5 Å². The maximum absolute atomic E-state index is 13.0. The molecule has 0 saturated heterocycles. The van der Waals surface area contributed by atoms with E-state index in [1.165, 1.54) is 173 Å². The summed E-state index contributed by atoms with van der Waals surface area (Å²) in [7, 11) is 1.23. The van der Waals surface area contributed by atoms with E-state index < -0.39 is 26.6 Å². The van der Waals surface area contributed by atoms with Crippen LogP contribution >= 0.6 is 7.82 Å². The van der Waals surface area contributed by atoms with Gasteiger partial charge in [0, 0.05) is 6.42 Å². The van der Waals surface area contributed by atoms with Crippen molar-refractivity contribution in [1.29, 1.82) is 0 Å². The Bertz CT molecular complexity index is 1460. The number of hydrogen-bond acceptors (Lipinski definition) is 6. The second-order valence-electron chi connectivity index (χ2n) is 21.7. The van der Waals surface area contributed by atoms with Crippen molar-refractivity contribution in [3.63, 3.8) is 0 Å². The van der Waals surface area contributed by atoms with Crippen molar-refractivity contribution in [2.45, 2.75) is 276 Å². The molecule has 0 aliphatic heterocycles. The van der Waals surface area contributed by atoms with Gasteiger partial charge in [-0.2, -0.15) is 0 Å². The molecule has 0 fully saturated rings. The molecular formula is C64H117N2O6P. The van der Waals surface area contributed by atoms with Gasteiger partial charge in [-0.05, 0) is 83.5 Å². The van der Waals surface area contributed by atoms with Gasteiger partial charge >= 0.3 is 0 Å². The molecule has 0 saturated carbocycles. The van der Waals surface area contributed by atoms with Crippen molar-refractivity contribution in [1.82, 2.24) is 5.32 Å². The number of nitrogens with zero attached hydrogens (tertiary/aromatic N) is 1. The number of phosphoric acid groups is 1. The zero-order valence-corrected chi connectivity index (χ0v) is 49.2. The summed E-state index contributed by atoms with van der Waals surface area (Å²) in [6.45, 7) is 4.52. The first kappa shape index (κ1) is 70.7. The first-order chi connectivity index (χ1) is 35.5. The summed E-state index contributed by atoms with van der Waals surface area (Å²) in [5.74, 6) is -0.215. The Balaban J connectivity index is 4.26. The first-order valence-electron chi connectivity index (χ1n) is 30.4. The van der Waals surface area contributed by atoms with Gasteiger partial charge in [0.25, 0.3) is 7.82 Å². The number of phosphoric ester groups is 1. The molecule has 0 aromatic carbocycles. The number of quaternary nitrogens is 1. The maximum atomic E-state index is 13.0. The largest absolute Gasteiger partial charge is 0.756 e. The highest BCUT2D eigenvalue weighted by Crippen LogP contribution is 2.38. The van der Waals surface area contributed by atoms with Crippen LogP contribution in [0.25, 0.3) is 0 Å². The minimum absolute atomic E-state index is 0.0125.